The van der Waals surface area contributed by atoms with Gasteiger partial charge in [-0.05, 0) is 48.3 Å². The van der Waals surface area contributed by atoms with Crippen molar-refractivity contribution >= 4 is 11.8 Å². The van der Waals surface area contributed by atoms with Gasteiger partial charge in [-0.2, -0.15) is 11.8 Å². The highest BCUT2D eigenvalue weighted by Gasteiger charge is 2.20. The standard InChI is InChI=1S/C12H25NS/c1-10(12(2,3)4)7-13-8-11-5-6-14-9-11/h10-11,13H,5-9H2,1-4H3. The molecule has 2 atom stereocenters. The molecule has 0 amide bonds. The Kier molecular flexibility index (Phi) is 4.78. The molecule has 1 heterocycles. The van der Waals surface area contributed by atoms with Crippen molar-refractivity contribution in [1.82, 2.24) is 5.32 Å². The van der Waals surface area contributed by atoms with E-state index in [0.29, 0.717) is 5.41 Å². The first-order valence-corrected chi connectivity index (χ1v) is 6.94. The van der Waals surface area contributed by atoms with Crippen LogP contribution >= 0.6 is 11.8 Å². The summed E-state index contributed by atoms with van der Waals surface area (Å²) < 4.78 is 0. The van der Waals surface area contributed by atoms with Crippen molar-refractivity contribution in [3.8, 4) is 0 Å². The van der Waals surface area contributed by atoms with Gasteiger partial charge in [-0.1, -0.05) is 27.7 Å². The van der Waals surface area contributed by atoms with Gasteiger partial charge in [0.05, 0.1) is 0 Å². The highest BCUT2D eigenvalue weighted by atomic mass is 32.2. The average Bonchev–Trinajstić information content (AvgIpc) is 2.55. The van der Waals surface area contributed by atoms with E-state index in [2.05, 4.69) is 44.8 Å². The maximum atomic E-state index is 3.62. The molecular weight excluding hydrogens is 190 g/mol. The Bertz CT molecular complexity index is 156. The predicted molar refractivity (Wildman–Crippen MR) is 66.9 cm³/mol. The number of nitrogens with one attached hydrogen (secondary N) is 1. The van der Waals surface area contributed by atoms with Crippen LogP contribution in [-0.2, 0) is 0 Å². The van der Waals surface area contributed by atoms with Crippen LogP contribution in [-0.4, -0.2) is 24.6 Å². The number of rotatable bonds is 4. The van der Waals surface area contributed by atoms with Crippen LogP contribution in [0.3, 0.4) is 0 Å². The molecule has 84 valence electrons. The molecule has 1 nitrogen and oxygen atoms in total. The van der Waals surface area contributed by atoms with E-state index in [0.717, 1.165) is 11.8 Å². The predicted octanol–water partition coefficient (Wildman–Crippen LogP) is 3.01. The van der Waals surface area contributed by atoms with Gasteiger partial charge < -0.3 is 5.32 Å². The number of thioether (sulfide) groups is 1. The SMILES string of the molecule is CC(CNCC1CCSC1)C(C)(C)C. The van der Waals surface area contributed by atoms with Gasteiger partial charge in [0, 0.05) is 0 Å². The molecule has 1 rings (SSSR count). The molecule has 1 aliphatic heterocycles. The average molecular weight is 215 g/mol. The molecule has 14 heavy (non-hydrogen) atoms. The van der Waals surface area contributed by atoms with Crippen molar-refractivity contribution in [2.75, 3.05) is 24.6 Å². The van der Waals surface area contributed by atoms with Crippen molar-refractivity contribution in [2.45, 2.75) is 34.1 Å². The molecule has 0 aromatic carbocycles. The van der Waals surface area contributed by atoms with Crippen LogP contribution in [0, 0.1) is 17.3 Å². The first kappa shape index (κ1) is 12.4. The maximum Gasteiger partial charge on any atom is -0.00122 e. The highest BCUT2D eigenvalue weighted by Crippen LogP contribution is 2.25. The fraction of sp³-hybridized carbons (Fsp3) is 1.00. The Hall–Kier alpha value is 0.310. The van der Waals surface area contributed by atoms with Crippen molar-refractivity contribution in [3.63, 3.8) is 0 Å². The van der Waals surface area contributed by atoms with E-state index in [9.17, 15) is 0 Å². The molecule has 0 aromatic heterocycles. The molecule has 0 aromatic rings. The summed E-state index contributed by atoms with van der Waals surface area (Å²) in [6, 6.07) is 0. The fourth-order valence-corrected chi connectivity index (χ4v) is 2.84. The summed E-state index contributed by atoms with van der Waals surface area (Å²) in [5, 5.41) is 3.62. The Morgan fingerprint density at radius 3 is 2.64 bits per heavy atom. The van der Waals surface area contributed by atoms with Crippen molar-refractivity contribution in [2.24, 2.45) is 17.3 Å². The third-order valence-corrected chi connectivity index (χ3v) is 4.62. The van der Waals surface area contributed by atoms with Gasteiger partial charge >= 0.3 is 0 Å². The third-order valence-electron chi connectivity index (χ3n) is 3.39. The van der Waals surface area contributed by atoms with Crippen LogP contribution in [0.2, 0.25) is 0 Å². The smallest absolute Gasteiger partial charge is 0.00122 e. The van der Waals surface area contributed by atoms with Gasteiger partial charge in [-0.25, -0.2) is 0 Å². The van der Waals surface area contributed by atoms with Crippen molar-refractivity contribution < 1.29 is 0 Å². The third kappa shape index (κ3) is 4.22. The largest absolute Gasteiger partial charge is 0.316 e. The summed E-state index contributed by atoms with van der Waals surface area (Å²) in [6.45, 7) is 11.7. The van der Waals surface area contributed by atoms with E-state index in [4.69, 9.17) is 0 Å². The Morgan fingerprint density at radius 2 is 2.14 bits per heavy atom. The Balaban J connectivity index is 2.08. The molecule has 2 unspecified atom stereocenters. The Labute approximate surface area is 93.4 Å². The summed E-state index contributed by atoms with van der Waals surface area (Å²) in [5.41, 5.74) is 0.442. The summed E-state index contributed by atoms with van der Waals surface area (Å²) in [5.74, 6) is 4.45. The second kappa shape index (κ2) is 5.41. The zero-order valence-electron chi connectivity index (χ0n) is 10.1. The van der Waals surface area contributed by atoms with E-state index < -0.39 is 0 Å². The van der Waals surface area contributed by atoms with Crippen LogP contribution in [0.5, 0.6) is 0 Å². The topological polar surface area (TPSA) is 12.0 Å². The lowest BCUT2D eigenvalue weighted by Gasteiger charge is -2.27. The van der Waals surface area contributed by atoms with Crippen LogP contribution in [0.1, 0.15) is 34.1 Å². The molecule has 0 aliphatic carbocycles. The van der Waals surface area contributed by atoms with Crippen LogP contribution < -0.4 is 5.32 Å². The lowest BCUT2D eigenvalue weighted by atomic mass is 9.82. The van der Waals surface area contributed by atoms with Gasteiger partial charge in [0.15, 0.2) is 0 Å². The molecule has 1 saturated heterocycles. The summed E-state index contributed by atoms with van der Waals surface area (Å²) in [6.07, 6.45) is 1.42. The maximum absolute atomic E-state index is 3.62. The molecule has 0 radical (unpaired) electrons. The van der Waals surface area contributed by atoms with Crippen LogP contribution in [0.15, 0.2) is 0 Å². The first-order valence-electron chi connectivity index (χ1n) is 5.78. The van der Waals surface area contributed by atoms with E-state index in [-0.39, 0.29) is 0 Å². The molecule has 1 N–H and O–H groups in total. The Morgan fingerprint density at radius 1 is 1.43 bits per heavy atom. The lowest BCUT2D eigenvalue weighted by molar-refractivity contribution is 0.250. The normalized spacial score (nSPS) is 25.3. The van der Waals surface area contributed by atoms with Gasteiger partial charge in [-0.3, -0.25) is 0 Å². The zero-order chi connectivity index (χ0) is 10.6. The minimum Gasteiger partial charge on any atom is -0.316 e. The lowest BCUT2D eigenvalue weighted by Crippen LogP contribution is -2.32. The monoisotopic (exact) mass is 215 g/mol. The quantitative estimate of drug-likeness (QED) is 0.774. The molecule has 0 bridgehead atoms. The van der Waals surface area contributed by atoms with E-state index in [1.807, 2.05) is 0 Å². The zero-order valence-corrected chi connectivity index (χ0v) is 10.9. The minimum absolute atomic E-state index is 0.442. The molecule has 1 fully saturated rings. The minimum atomic E-state index is 0.442. The van der Waals surface area contributed by atoms with Gasteiger partial charge in [0.25, 0.3) is 0 Å². The van der Waals surface area contributed by atoms with E-state index in [1.54, 1.807) is 0 Å². The molecule has 1 aliphatic rings. The first-order chi connectivity index (χ1) is 6.50. The van der Waals surface area contributed by atoms with Gasteiger partial charge in [-0.15, -0.1) is 0 Å². The molecular formula is C12H25NS. The fourth-order valence-electron chi connectivity index (χ4n) is 1.55. The highest BCUT2D eigenvalue weighted by molar-refractivity contribution is 7.99. The molecule has 0 saturated carbocycles. The van der Waals surface area contributed by atoms with Crippen molar-refractivity contribution in [3.05, 3.63) is 0 Å². The van der Waals surface area contributed by atoms with Gasteiger partial charge in [0.2, 0.25) is 0 Å². The van der Waals surface area contributed by atoms with Crippen LogP contribution in [0.25, 0.3) is 0 Å². The number of hydrogen-bond acceptors (Lipinski definition) is 2. The second-order valence-corrected chi connectivity index (χ2v) is 6.80. The van der Waals surface area contributed by atoms with E-state index in [1.165, 1.54) is 31.0 Å². The summed E-state index contributed by atoms with van der Waals surface area (Å²) in [7, 11) is 0. The van der Waals surface area contributed by atoms with Crippen LogP contribution in [0.4, 0.5) is 0 Å². The summed E-state index contributed by atoms with van der Waals surface area (Å²) in [4.78, 5) is 0. The molecule has 0 spiro atoms. The van der Waals surface area contributed by atoms with Gasteiger partial charge in [0.1, 0.15) is 0 Å². The van der Waals surface area contributed by atoms with Crippen molar-refractivity contribution in [1.29, 1.82) is 0 Å². The number of hydrogen-bond donors (Lipinski definition) is 1. The second-order valence-electron chi connectivity index (χ2n) is 5.65. The summed E-state index contributed by atoms with van der Waals surface area (Å²) >= 11 is 2.11. The van der Waals surface area contributed by atoms with E-state index >= 15 is 0 Å². The molecule has 2 heteroatoms.